The lowest BCUT2D eigenvalue weighted by molar-refractivity contribution is 0.0773. The lowest BCUT2D eigenvalue weighted by atomic mass is 9.81. The van der Waals surface area contributed by atoms with E-state index in [0.717, 1.165) is 18.4 Å². The van der Waals surface area contributed by atoms with Crippen LogP contribution < -0.4 is 0 Å². The van der Waals surface area contributed by atoms with Crippen molar-refractivity contribution in [1.82, 2.24) is 4.90 Å². The zero-order valence-corrected chi connectivity index (χ0v) is 9.75. The Kier molecular flexibility index (Phi) is 2.28. The monoisotopic (exact) mass is 219 g/mol. The molecular formula is C14H18FN. The van der Waals surface area contributed by atoms with Crippen molar-refractivity contribution in [1.29, 1.82) is 0 Å². The van der Waals surface area contributed by atoms with Crippen LogP contribution in [0.25, 0.3) is 0 Å². The van der Waals surface area contributed by atoms with Crippen LogP contribution in [0, 0.1) is 5.82 Å². The van der Waals surface area contributed by atoms with Crippen molar-refractivity contribution in [2.24, 2.45) is 0 Å². The first-order valence-corrected chi connectivity index (χ1v) is 6.22. The fourth-order valence-corrected chi connectivity index (χ4v) is 3.69. The Labute approximate surface area is 96.3 Å². The number of hydrogen-bond acceptors (Lipinski definition) is 1. The molecule has 0 unspecified atom stereocenters. The summed E-state index contributed by atoms with van der Waals surface area (Å²) >= 11 is 0. The third kappa shape index (κ3) is 1.26. The van der Waals surface area contributed by atoms with Gasteiger partial charge >= 0.3 is 0 Å². The Morgan fingerprint density at radius 1 is 1.25 bits per heavy atom. The summed E-state index contributed by atoms with van der Waals surface area (Å²) in [5.41, 5.74) is 0.911. The molecule has 2 aliphatic heterocycles. The van der Waals surface area contributed by atoms with Gasteiger partial charge in [0.15, 0.2) is 0 Å². The molecule has 3 rings (SSSR count). The maximum absolute atomic E-state index is 14.0. The van der Waals surface area contributed by atoms with E-state index in [9.17, 15) is 4.39 Å². The second-order valence-corrected chi connectivity index (χ2v) is 5.21. The average molecular weight is 219 g/mol. The number of fused-ring (bicyclic) bond motifs is 2. The van der Waals surface area contributed by atoms with Gasteiger partial charge in [-0.15, -0.1) is 0 Å². The summed E-state index contributed by atoms with van der Waals surface area (Å²) in [6.45, 7) is 0. The minimum atomic E-state index is -0.0306. The Morgan fingerprint density at radius 2 is 2.06 bits per heavy atom. The molecule has 0 radical (unpaired) electrons. The second kappa shape index (κ2) is 3.56. The summed E-state index contributed by atoms with van der Waals surface area (Å²) < 4.78 is 14.0. The highest BCUT2D eigenvalue weighted by atomic mass is 19.1. The molecule has 0 N–H and O–H groups in total. The molecule has 0 amide bonds. The van der Waals surface area contributed by atoms with E-state index in [-0.39, 0.29) is 11.4 Å². The van der Waals surface area contributed by atoms with Crippen molar-refractivity contribution in [3.8, 4) is 0 Å². The molecule has 1 aromatic carbocycles. The van der Waals surface area contributed by atoms with E-state index >= 15 is 0 Å². The zero-order chi connectivity index (χ0) is 11.2. The number of benzene rings is 1. The van der Waals surface area contributed by atoms with Crippen LogP contribution in [0.3, 0.4) is 0 Å². The molecule has 1 aromatic rings. The highest BCUT2D eigenvalue weighted by molar-refractivity contribution is 5.29. The van der Waals surface area contributed by atoms with Crippen LogP contribution in [0.15, 0.2) is 24.3 Å². The number of rotatable bonds is 1. The van der Waals surface area contributed by atoms with E-state index in [0.29, 0.717) is 6.04 Å². The van der Waals surface area contributed by atoms with Crippen LogP contribution in [-0.4, -0.2) is 18.0 Å². The maximum atomic E-state index is 14.0. The molecule has 2 bridgehead atoms. The fraction of sp³-hybridized carbons (Fsp3) is 0.571. The third-order valence-corrected chi connectivity index (χ3v) is 4.62. The van der Waals surface area contributed by atoms with Gasteiger partial charge in [-0.3, -0.25) is 4.90 Å². The highest BCUT2D eigenvalue weighted by Gasteiger charge is 2.48. The summed E-state index contributed by atoms with van der Waals surface area (Å²) in [7, 11) is 2.17. The smallest absolute Gasteiger partial charge is 0.128 e. The van der Waals surface area contributed by atoms with E-state index in [1.807, 2.05) is 12.1 Å². The van der Waals surface area contributed by atoms with E-state index in [1.54, 1.807) is 12.1 Å². The molecule has 0 saturated carbocycles. The standard InChI is InChI=1S/C14H18FN/c1-16-11-5-4-9-14(16,10-8-11)12-6-2-3-7-13(12)15/h2-3,6-7,11H,4-5,8-10H2,1H3/t11-,14+/m1/s1. The van der Waals surface area contributed by atoms with Crippen molar-refractivity contribution in [2.45, 2.75) is 43.7 Å². The summed E-state index contributed by atoms with van der Waals surface area (Å²) in [6.07, 6.45) is 5.98. The second-order valence-electron chi connectivity index (χ2n) is 5.21. The predicted octanol–water partition coefficient (Wildman–Crippen LogP) is 3.30. The van der Waals surface area contributed by atoms with Gasteiger partial charge in [0.05, 0.1) is 0 Å². The Morgan fingerprint density at radius 3 is 2.88 bits per heavy atom. The van der Waals surface area contributed by atoms with E-state index in [4.69, 9.17) is 0 Å². The lowest BCUT2D eigenvalue weighted by Gasteiger charge is -2.43. The molecule has 16 heavy (non-hydrogen) atoms. The van der Waals surface area contributed by atoms with Crippen molar-refractivity contribution in [3.63, 3.8) is 0 Å². The molecule has 86 valence electrons. The summed E-state index contributed by atoms with van der Waals surface area (Å²) in [5.74, 6) is -0.0306. The highest BCUT2D eigenvalue weighted by Crippen LogP contribution is 2.49. The van der Waals surface area contributed by atoms with Crippen LogP contribution in [0.1, 0.15) is 37.7 Å². The molecule has 2 heteroatoms. The van der Waals surface area contributed by atoms with Crippen molar-refractivity contribution < 1.29 is 4.39 Å². The molecule has 0 spiro atoms. The van der Waals surface area contributed by atoms with Gasteiger partial charge in [0, 0.05) is 17.1 Å². The van der Waals surface area contributed by atoms with Gasteiger partial charge in [0.1, 0.15) is 5.82 Å². The van der Waals surface area contributed by atoms with E-state index in [2.05, 4.69) is 11.9 Å². The zero-order valence-electron chi connectivity index (χ0n) is 9.75. The quantitative estimate of drug-likeness (QED) is 0.700. The van der Waals surface area contributed by atoms with Crippen molar-refractivity contribution in [3.05, 3.63) is 35.6 Å². The normalized spacial score (nSPS) is 34.2. The molecule has 0 aromatic heterocycles. The Bertz CT molecular complexity index is 399. The predicted molar refractivity (Wildman–Crippen MR) is 62.7 cm³/mol. The van der Waals surface area contributed by atoms with Gasteiger partial charge in [0.2, 0.25) is 0 Å². The van der Waals surface area contributed by atoms with Gasteiger partial charge in [-0.2, -0.15) is 0 Å². The fourth-order valence-electron chi connectivity index (χ4n) is 3.69. The molecular weight excluding hydrogens is 201 g/mol. The first kappa shape index (κ1) is 10.3. The van der Waals surface area contributed by atoms with Gasteiger partial charge in [-0.1, -0.05) is 18.2 Å². The number of nitrogens with zero attached hydrogens (tertiary/aromatic N) is 1. The van der Waals surface area contributed by atoms with E-state index < -0.39 is 0 Å². The van der Waals surface area contributed by atoms with Gasteiger partial charge in [-0.05, 0) is 45.2 Å². The van der Waals surface area contributed by atoms with Gasteiger partial charge < -0.3 is 0 Å². The van der Waals surface area contributed by atoms with Crippen molar-refractivity contribution >= 4 is 0 Å². The van der Waals surface area contributed by atoms with Crippen LogP contribution in [0.4, 0.5) is 4.39 Å². The summed E-state index contributed by atoms with van der Waals surface area (Å²) in [6, 6.07) is 7.99. The van der Waals surface area contributed by atoms with Crippen LogP contribution in [0.2, 0.25) is 0 Å². The SMILES string of the molecule is CN1[C@@H]2CCC[C@@]1(c1ccccc1F)CC2. The molecule has 2 atom stereocenters. The van der Waals surface area contributed by atoms with E-state index in [1.165, 1.54) is 19.3 Å². The van der Waals surface area contributed by atoms with Crippen molar-refractivity contribution in [2.75, 3.05) is 7.05 Å². The first-order chi connectivity index (χ1) is 7.74. The van der Waals surface area contributed by atoms with Crippen LogP contribution >= 0.6 is 0 Å². The lowest BCUT2D eigenvalue weighted by Crippen LogP contribution is -2.45. The minimum absolute atomic E-state index is 0.00569. The number of hydrogen-bond donors (Lipinski definition) is 0. The maximum Gasteiger partial charge on any atom is 0.128 e. The van der Waals surface area contributed by atoms with Gasteiger partial charge in [0.25, 0.3) is 0 Å². The molecule has 2 saturated heterocycles. The number of piperidine rings is 1. The molecule has 2 heterocycles. The third-order valence-electron chi connectivity index (χ3n) is 4.62. The molecule has 0 aliphatic carbocycles. The molecule has 1 nitrogen and oxygen atoms in total. The van der Waals surface area contributed by atoms with Crippen LogP contribution in [-0.2, 0) is 5.54 Å². The Balaban J connectivity index is 2.08. The molecule has 2 aliphatic rings. The largest absolute Gasteiger partial charge is 0.294 e. The summed E-state index contributed by atoms with van der Waals surface area (Å²) in [5, 5.41) is 0. The minimum Gasteiger partial charge on any atom is -0.294 e. The topological polar surface area (TPSA) is 3.24 Å². The average Bonchev–Trinajstić information content (AvgIpc) is 2.52. The molecule has 2 fully saturated rings. The Hall–Kier alpha value is -0.890. The van der Waals surface area contributed by atoms with Crippen LogP contribution in [0.5, 0.6) is 0 Å². The summed E-state index contributed by atoms with van der Waals surface area (Å²) in [4.78, 5) is 2.43. The first-order valence-electron chi connectivity index (χ1n) is 6.22. The van der Waals surface area contributed by atoms with Gasteiger partial charge in [-0.25, -0.2) is 4.39 Å². The number of halogens is 1.